The zero-order valence-corrected chi connectivity index (χ0v) is 10.8. The molecule has 0 aromatic carbocycles. The van der Waals surface area contributed by atoms with Gasteiger partial charge in [0.25, 0.3) is 0 Å². The van der Waals surface area contributed by atoms with Gasteiger partial charge in [0.2, 0.25) is 5.91 Å². The number of hydrogen-bond acceptors (Lipinski definition) is 4. The third kappa shape index (κ3) is 3.27. The van der Waals surface area contributed by atoms with Gasteiger partial charge < -0.3 is 15.4 Å². The van der Waals surface area contributed by atoms with E-state index in [1.807, 2.05) is 19.9 Å². The van der Waals surface area contributed by atoms with Crippen molar-refractivity contribution in [3.05, 3.63) is 29.6 Å². The lowest BCUT2D eigenvalue weighted by Crippen LogP contribution is -2.59. The first-order valence-electron chi connectivity index (χ1n) is 6.10. The molecule has 2 rings (SSSR count). The first-order valence-corrected chi connectivity index (χ1v) is 6.10. The lowest BCUT2D eigenvalue weighted by molar-refractivity contribution is -0.136. The van der Waals surface area contributed by atoms with Crippen molar-refractivity contribution in [2.45, 2.75) is 26.0 Å². The van der Waals surface area contributed by atoms with E-state index >= 15 is 0 Å². The number of carbonyl (C=O) groups is 1. The Kier molecular flexibility index (Phi) is 3.93. The van der Waals surface area contributed by atoms with Gasteiger partial charge in [-0.15, -0.1) is 0 Å². The number of nitrogens with one attached hydrogen (secondary N) is 2. The van der Waals surface area contributed by atoms with Crippen molar-refractivity contribution >= 4 is 5.91 Å². The minimum atomic E-state index is -0.177. The molecule has 2 heterocycles. The second-order valence-corrected chi connectivity index (χ2v) is 4.92. The summed E-state index contributed by atoms with van der Waals surface area (Å²) in [6.07, 6.45) is 3.52. The van der Waals surface area contributed by atoms with Crippen molar-refractivity contribution in [3.8, 4) is 0 Å². The molecule has 0 saturated carbocycles. The van der Waals surface area contributed by atoms with Crippen LogP contribution in [-0.4, -0.2) is 36.2 Å². The van der Waals surface area contributed by atoms with Crippen molar-refractivity contribution in [3.63, 3.8) is 0 Å². The van der Waals surface area contributed by atoms with Crippen LogP contribution in [0.2, 0.25) is 0 Å². The Morgan fingerprint density at radius 3 is 3.00 bits per heavy atom. The van der Waals surface area contributed by atoms with Gasteiger partial charge in [0, 0.05) is 32.0 Å². The summed E-state index contributed by atoms with van der Waals surface area (Å²) < 4.78 is 5.56. The SMILES string of the molecule is Cc1cnccc1CNC(=O)COC1(C)CNC1. The normalized spacial score (nSPS) is 17.0. The van der Waals surface area contributed by atoms with Crippen LogP contribution >= 0.6 is 0 Å². The molecule has 0 atom stereocenters. The van der Waals surface area contributed by atoms with Gasteiger partial charge in [-0.3, -0.25) is 9.78 Å². The maximum atomic E-state index is 11.6. The molecule has 5 nitrogen and oxygen atoms in total. The maximum Gasteiger partial charge on any atom is 0.246 e. The Balaban J connectivity index is 1.73. The highest BCUT2D eigenvalue weighted by Gasteiger charge is 2.32. The van der Waals surface area contributed by atoms with Gasteiger partial charge in [-0.25, -0.2) is 0 Å². The van der Waals surface area contributed by atoms with E-state index in [1.165, 1.54) is 0 Å². The molecule has 1 aromatic rings. The Bertz CT molecular complexity index is 430. The highest BCUT2D eigenvalue weighted by molar-refractivity contribution is 5.77. The summed E-state index contributed by atoms with van der Waals surface area (Å²) >= 11 is 0. The first kappa shape index (κ1) is 13.0. The van der Waals surface area contributed by atoms with Crippen LogP contribution in [0.4, 0.5) is 0 Å². The molecule has 1 fully saturated rings. The van der Waals surface area contributed by atoms with Crippen LogP contribution in [0.1, 0.15) is 18.1 Å². The van der Waals surface area contributed by atoms with Crippen molar-refractivity contribution < 1.29 is 9.53 Å². The van der Waals surface area contributed by atoms with Crippen LogP contribution in [0.5, 0.6) is 0 Å². The Labute approximate surface area is 107 Å². The first-order chi connectivity index (χ1) is 8.59. The summed E-state index contributed by atoms with van der Waals surface area (Å²) in [7, 11) is 0. The number of nitrogens with zero attached hydrogens (tertiary/aromatic N) is 1. The van der Waals surface area contributed by atoms with E-state index in [2.05, 4.69) is 15.6 Å². The molecule has 1 amide bonds. The Morgan fingerprint density at radius 2 is 2.39 bits per heavy atom. The fourth-order valence-electron chi connectivity index (χ4n) is 1.76. The third-order valence-electron chi connectivity index (χ3n) is 3.16. The van der Waals surface area contributed by atoms with E-state index in [9.17, 15) is 4.79 Å². The molecular weight excluding hydrogens is 230 g/mol. The molecule has 0 bridgehead atoms. The molecule has 5 heteroatoms. The van der Waals surface area contributed by atoms with Crippen LogP contribution in [0, 0.1) is 6.92 Å². The van der Waals surface area contributed by atoms with Gasteiger partial charge >= 0.3 is 0 Å². The lowest BCUT2D eigenvalue weighted by Gasteiger charge is -2.38. The quantitative estimate of drug-likeness (QED) is 0.792. The zero-order chi connectivity index (χ0) is 13.0. The molecular formula is C13H19N3O2. The second kappa shape index (κ2) is 5.46. The number of aromatic nitrogens is 1. The average molecular weight is 249 g/mol. The van der Waals surface area contributed by atoms with Crippen molar-refractivity contribution in [1.82, 2.24) is 15.6 Å². The van der Waals surface area contributed by atoms with Crippen molar-refractivity contribution in [2.75, 3.05) is 19.7 Å². The predicted molar refractivity (Wildman–Crippen MR) is 68.0 cm³/mol. The zero-order valence-electron chi connectivity index (χ0n) is 10.8. The summed E-state index contributed by atoms with van der Waals surface area (Å²) in [4.78, 5) is 15.7. The fourth-order valence-corrected chi connectivity index (χ4v) is 1.76. The number of rotatable bonds is 5. The molecule has 1 saturated heterocycles. The molecule has 0 radical (unpaired) electrons. The summed E-state index contributed by atoms with van der Waals surface area (Å²) in [5.41, 5.74) is 1.98. The van der Waals surface area contributed by atoms with E-state index in [-0.39, 0.29) is 18.1 Å². The Morgan fingerprint density at radius 1 is 1.61 bits per heavy atom. The number of hydrogen-bond donors (Lipinski definition) is 2. The molecule has 1 aliphatic rings. The summed E-state index contributed by atoms with van der Waals surface area (Å²) in [5.74, 6) is -0.0839. The summed E-state index contributed by atoms with van der Waals surface area (Å²) in [6, 6.07) is 1.91. The standard InChI is InChI=1S/C13H19N3O2/c1-10-5-14-4-3-11(10)6-16-12(17)7-18-13(2)8-15-9-13/h3-5,15H,6-9H2,1-2H3,(H,16,17). The van der Waals surface area contributed by atoms with Crippen LogP contribution < -0.4 is 10.6 Å². The average Bonchev–Trinajstić information content (AvgIpc) is 2.33. The van der Waals surface area contributed by atoms with Crippen LogP contribution in [0.3, 0.4) is 0 Å². The van der Waals surface area contributed by atoms with Gasteiger partial charge in [0.05, 0.1) is 5.60 Å². The van der Waals surface area contributed by atoms with E-state index in [0.717, 1.165) is 24.2 Å². The van der Waals surface area contributed by atoms with E-state index in [0.29, 0.717) is 6.54 Å². The minimum Gasteiger partial charge on any atom is -0.363 e. The molecule has 1 aromatic heterocycles. The third-order valence-corrected chi connectivity index (χ3v) is 3.16. The van der Waals surface area contributed by atoms with E-state index in [1.54, 1.807) is 12.4 Å². The molecule has 1 aliphatic heterocycles. The summed E-state index contributed by atoms with van der Waals surface area (Å²) in [6.45, 7) is 6.23. The minimum absolute atomic E-state index is 0.0839. The number of amides is 1. The maximum absolute atomic E-state index is 11.6. The molecule has 0 unspecified atom stereocenters. The highest BCUT2D eigenvalue weighted by Crippen LogP contribution is 2.14. The number of carbonyl (C=O) groups excluding carboxylic acids is 1. The van der Waals surface area contributed by atoms with E-state index < -0.39 is 0 Å². The monoisotopic (exact) mass is 249 g/mol. The van der Waals surface area contributed by atoms with Gasteiger partial charge in [0.15, 0.2) is 0 Å². The Hall–Kier alpha value is -1.46. The highest BCUT2D eigenvalue weighted by atomic mass is 16.5. The largest absolute Gasteiger partial charge is 0.363 e. The van der Waals surface area contributed by atoms with Gasteiger partial charge in [-0.2, -0.15) is 0 Å². The van der Waals surface area contributed by atoms with Gasteiger partial charge in [-0.05, 0) is 31.0 Å². The molecule has 18 heavy (non-hydrogen) atoms. The van der Waals surface area contributed by atoms with Crippen molar-refractivity contribution in [1.29, 1.82) is 0 Å². The van der Waals surface area contributed by atoms with Crippen LogP contribution in [0.25, 0.3) is 0 Å². The lowest BCUT2D eigenvalue weighted by atomic mass is 10.0. The van der Waals surface area contributed by atoms with Gasteiger partial charge in [-0.1, -0.05) is 0 Å². The predicted octanol–water partition coefficient (Wildman–Crippen LogP) is 0.385. The fraction of sp³-hybridized carbons (Fsp3) is 0.538. The number of aryl methyl sites for hydroxylation is 1. The number of pyridine rings is 1. The molecule has 0 spiro atoms. The van der Waals surface area contributed by atoms with Crippen LogP contribution in [-0.2, 0) is 16.1 Å². The van der Waals surface area contributed by atoms with Gasteiger partial charge in [0.1, 0.15) is 6.61 Å². The smallest absolute Gasteiger partial charge is 0.246 e. The van der Waals surface area contributed by atoms with Crippen LogP contribution in [0.15, 0.2) is 18.5 Å². The topological polar surface area (TPSA) is 63.2 Å². The van der Waals surface area contributed by atoms with Crippen molar-refractivity contribution in [2.24, 2.45) is 0 Å². The summed E-state index contributed by atoms with van der Waals surface area (Å²) in [5, 5.41) is 5.98. The molecule has 2 N–H and O–H groups in total. The second-order valence-electron chi connectivity index (χ2n) is 4.92. The number of ether oxygens (including phenoxy) is 1. The van der Waals surface area contributed by atoms with E-state index in [4.69, 9.17) is 4.74 Å². The molecule has 0 aliphatic carbocycles. The molecule has 98 valence electrons.